The smallest absolute Gasteiger partial charge is 0.263 e. The van der Waals surface area contributed by atoms with Gasteiger partial charge in [-0.05, 0) is 55.8 Å². The molecule has 0 saturated heterocycles. The van der Waals surface area contributed by atoms with Crippen LogP contribution in [0.25, 0.3) is 0 Å². The number of sulfone groups is 1. The van der Waals surface area contributed by atoms with Crippen molar-refractivity contribution in [1.29, 1.82) is 0 Å². The zero-order valence-corrected chi connectivity index (χ0v) is 18.3. The van der Waals surface area contributed by atoms with Gasteiger partial charge in [0.2, 0.25) is 0 Å². The molecule has 0 bridgehead atoms. The second kappa shape index (κ2) is 8.93. The van der Waals surface area contributed by atoms with Gasteiger partial charge >= 0.3 is 0 Å². The molecule has 30 heavy (non-hydrogen) atoms. The number of hydrogen-bond acceptors (Lipinski definition) is 6. The van der Waals surface area contributed by atoms with Crippen molar-refractivity contribution >= 4 is 27.1 Å². The molecule has 0 saturated carbocycles. The summed E-state index contributed by atoms with van der Waals surface area (Å²) < 4.78 is 41.7. The van der Waals surface area contributed by atoms with Gasteiger partial charge in [-0.15, -0.1) is 11.3 Å². The number of nitrogens with one attached hydrogen (secondary N) is 1. The van der Waals surface area contributed by atoms with Crippen LogP contribution in [-0.2, 0) is 16.4 Å². The lowest BCUT2D eigenvalue weighted by Crippen LogP contribution is -2.26. The molecule has 1 amide bonds. The van der Waals surface area contributed by atoms with Crippen molar-refractivity contribution in [3.8, 4) is 5.75 Å². The molecular formula is C21H21FN2O4S2. The Labute approximate surface area is 178 Å². The van der Waals surface area contributed by atoms with Crippen molar-refractivity contribution in [2.24, 2.45) is 0 Å². The third kappa shape index (κ3) is 5.43. The van der Waals surface area contributed by atoms with E-state index in [1.165, 1.54) is 47.7 Å². The number of hydrogen-bond donors (Lipinski definition) is 1. The lowest BCUT2D eigenvalue weighted by atomic mass is 10.1. The van der Waals surface area contributed by atoms with Crippen molar-refractivity contribution in [1.82, 2.24) is 10.3 Å². The third-order valence-corrected chi connectivity index (χ3v) is 6.64. The van der Waals surface area contributed by atoms with Gasteiger partial charge in [-0.25, -0.2) is 17.8 Å². The summed E-state index contributed by atoms with van der Waals surface area (Å²) in [4.78, 5) is 17.8. The Balaban J connectivity index is 1.64. The minimum absolute atomic E-state index is 0.174. The van der Waals surface area contributed by atoms with Crippen LogP contribution >= 0.6 is 11.3 Å². The summed E-state index contributed by atoms with van der Waals surface area (Å²) in [5, 5.41) is 3.54. The summed E-state index contributed by atoms with van der Waals surface area (Å²) >= 11 is 1.23. The molecule has 0 aliphatic carbocycles. The zero-order chi connectivity index (χ0) is 21.9. The molecule has 3 rings (SSSR count). The Morgan fingerprint density at radius 1 is 1.17 bits per heavy atom. The van der Waals surface area contributed by atoms with E-state index in [9.17, 15) is 17.6 Å². The maximum atomic E-state index is 13.0. The Bertz CT molecular complexity index is 1140. The first-order valence-corrected chi connectivity index (χ1v) is 11.8. The first kappa shape index (κ1) is 21.9. The van der Waals surface area contributed by atoms with Gasteiger partial charge in [-0.3, -0.25) is 4.79 Å². The van der Waals surface area contributed by atoms with Crippen LogP contribution in [0.4, 0.5) is 4.39 Å². The number of nitrogens with zero attached hydrogens (tertiary/aromatic N) is 1. The average Bonchev–Trinajstić information content (AvgIpc) is 3.07. The van der Waals surface area contributed by atoms with Crippen LogP contribution < -0.4 is 10.1 Å². The van der Waals surface area contributed by atoms with E-state index in [2.05, 4.69) is 10.3 Å². The van der Waals surface area contributed by atoms with E-state index < -0.39 is 9.84 Å². The summed E-state index contributed by atoms with van der Waals surface area (Å²) in [6.45, 7) is 3.74. The first-order chi connectivity index (χ1) is 14.1. The third-order valence-electron chi connectivity index (χ3n) is 4.38. The summed E-state index contributed by atoms with van der Waals surface area (Å²) in [6, 6.07) is 11.8. The van der Waals surface area contributed by atoms with Gasteiger partial charge < -0.3 is 10.1 Å². The molecule has 2 aromatic carbocycles. The van der Waals surface area contributed by atoms with E-state index in [0.717, 1.165) is 11.8 Å². The van der Waals surface area contributed by atoms with Gasteiger partial charge in [0.15, 0.2) is 9.84 Å². The fourth-order valence-electron chi connectivity index (χ4n) is 2.75. The molecule has 0 radical (unpaired) electrons. The molecule has 0 spiro atoms. The van der Waals surface area contributed by atoms with Crippen LogP contribution in [0.2, 0.25) is 0 Å². The highest BCUT2D eigenvalue weighted by molar-refractivity contribution is 7.90. The summed E-state index contributed by atoms with van der Waals surface area (Å²) in [5.74, 6) is -0.0920. The van der Waals surface area contributed by atoms with Gasteiger partial charge in [-0.1, -0.05) is 12.1 Å². The van der Waals surface area contributed by atoms with E-state index in [-0.39, 0.29) is 29.3 Å². The van der Waals surface area contributed by atoms with Crippen molar-refractivity contribution in [2.45, 2.75) is 31.4 Å². The van der Waals surface area contributed by atoms with Crippen molar-refractivity contribution in [2.75, 3.05) is 6.26 Å². The highest BCUT2D eigenvalue weighted by atomic mass is 32.2. The molecule has 1 N–H and O–H groups in total. The van der Waals surface area contributed by atoms with Crippen molar-refractivity contribution in [3.05, 3.63) is 75.5 Å². The van der Waals surface area contributed by atoms with Crippen molar-refractivity contribution in [3.63, 3.8) is 0 Å². The number of benzene rings is 2. The Morgan fingerprint density at radius 3 is 2.40 bits per heavy atom. The quantitative estimate of drug-likeness (QED) is 0.589. The first-order valence-electron chi connectivity index (χ1n) is 9.09. The highest BCUT2D eigenvalue weighted by Gasteiger charge is 2.18. The standard InChI is InChI=1S/C21H21FN2O4S2/c1-13(15-4-10-18(11-5-15)30(3,26)27)24-21(25)20-14(2)23-19(29-20)12-28-17-8-6-16(22)7-9-17/h4-11,13H,12H2,1-3H3,(H,24,25). The van der Waals surface area contributed by atoms with Gasteiger partial charge in [0.05, 0.1) is 16.6 Å². The number of ether oxygens (including phenoxy) is 1. The molecule has 9 heteroatoms. The lowest BCUT2D eigenvalue weighted by molar-refractivity contribution is 0.0943. The van der Waals surface area contributed by atoms with Crippen LogP contribution in [0.1, 0.15) is 38.9 Å². The SMILES string of the molecule is Cc1nc(COc2ccc(F)cc2)sc1C(=O)NC(C)c1ccc(S(C)(=O)=O)cc1. The maximum Gasteiger partial charge on any atom is 0.263 e. The zero-order valence-electron chi connectivity index (χ0n) is 16.7. The van der Waals surface area contributed by atoms with Crippen LogP contribution in [0.3, 0.4) is 0 Å². The molecular weight excluding hydrogens is 427 g/mol. The minimum Gasteiger partial charge on any atom is -0.486 e. The van der Waals surface area contributed by atoms with E-state index in [1.54, 1.807) is 19.1 Å². The molecule has 158 valence electrons. The number of carbonyl (C=O) groups is 1. The van der Waals surface area contributed by atoms with Crippen LogP contribution in [0, 0.1) is 12.7 Å². The molecule has 6 nitrogen and oxygen atoms in total. The van der Waals surface area contributed by atoms with Crippen molar-refractivity contribution < 1.29 is 22.3 Å². The van der Waals surface area contributed by atoms with E-state index in [1.807, 2.05) is 6.92 Å². The van der Waals surface area contributed by atoms with Crippen LogP contribution in [0.5, 0.6) is 5.75 Å². The number of aryl methyl sites for hydroxylation is 1. The van der Waals surface area contributed by atoms with Crippen LogP contribution in [0.15, 0.2) is 53.4 Å². The summed E-state index contributed by atoms with van der Waals surface area (Å²) in [5.41, 5.74) is 1.38. The number of carbonyl (C=O) groups excluding carboxylic acids is 1. The molecule has 3 aromatic rings. The topological polar surface area (TPSA) is 85.4 Å². The fraction of sp³-hybridized carbons (Fsp3) is 0.238. The molecule has 1 unspecified atom stereocenters. The predicted octanol–water partition coefficient (Wildman–Crippen LogP) is 4.06. The average molecular weight is 449 g/mol. The van der Waals surface area contributed by atoms with Gasteiger partial charge in [0, 0.05) is 6.26 Å². The monoisotopic (exact) mass is 448 g/mol. The minimum atomic E-state index is -3.27. The molecule has 0 aliphatic rings. The second-order valence-electron chi connectivity index (χ2n) is 6.80. The molecule has 0 aliphatic heterocycles. The summed E-state index contributed by atoms with van der Waals surface area (Å²) in [6.07, 6.45) is 1.15. The van der Waals surface area contributed by atoms with Gasteiger partial charge in [0.1, 0.15) is 28.1 Å². The van der Waals surface area contributed by atoms with E-state index >= 15 is 0 Å². The number of aromatic nitrogens is 1. The molecule has 1 aromatic heterocycles. The predicted molar refractivity (Wildman–Crippen MR) is 113 cm³/mol. The molecule has 1 atom stereocenters. The fourth-order valence-corrected chi connectivity index (χ4v) is 4.26. The molecule has 0 fully saturated rings. The van der Waals surface area contributed by atoms with E-state index in [4.69, 9.17) is 4.74 Å². The van der Waals surface area contributed by atoms with Crippen LogP contribution in [-0.4, -0.2) is 25.6 Å². The Morgan fingerprint density at radius 2 is 1.80 bits per heavy atom. The number of rotatable bonds is 7. The van der Waals surface area contributed by atoms with E-state index in [0.29, 0.717) is 21.3 Å². The summed E-state index contributed by atoms with van der Waals surface area (Å²) in [7, 11) is -3.27. The number of thiazole rings is 1. The number of amides is 1. The lowest BCUT2D eigenvalue weighted by Gasteiger charge is -2.14. The highest BCUT2D eigenvalue weighted by Crippen LogP contribution is 2.22. The normalized spacial score (nSPS) is 12.4. The largest absolute Gasteiger partial charge is 0.486 e. The maximum absolute atomic E-state index is 13.0. The van der Waals surface area contributed by atoms with Gasteiger partial charge in [-0.2, -0.15) is 0 Å². The Hall–Kier alpha value is -2.78. The van der Waals surface area contributed by atoms with Gasteiger partial charge in [0.25, 0.3) is 5.91 Å². The second-order valence-corrected chi connectivity index (χ2v) is 9.90. The number of halogens is 1. The molecule has 1 heterocycles. The Kier molecular flexibility index (Phi) is 6.52.